The summed E-state index contributed by atoms with van der Waals surface area (Å²) >= 11 is 0. The van der Waals surface area contributed by atoms with Crippen LogP contribution in [0.4, 0.5) is 0 Å². The average molecular weight is 230 g/mol. The second-order valence-corrected chi connectivity index (χ2v) is 3.74. The van der Waals surface area contributed by atoms with Crippen LogP contribution in [0.15, 0.2) is 28.2 Å². The summed E-state index contributed by atoms with van der Waals surface area (Å²) in [6, 6.07) is 5.60. The number of carbonyl (C=O) groups excluding carboxylic acids is 2. The maximum absolute atomic E-state index is 10.3. The minimum absolute atomic E-state index is 0.142. The fourth-order valence-electron chi connectivity index (χ4n) is 1.78. The first kappa shape index (κ1) is 13.0. The molecule has 0 aliphatic carbocycles. The van der Waals surface area contributed by atoms with Crippen molar-refractivity contribution in [2.24, 2.45) is 9.98 Å². The van der Waals surface area contributed by atoms with E-state index in [4.69, 9.17) is 0 Å². The minimum Gasteiger partial charge on any atom is -0.211 e. The van der Waals surface area contributed by atoms with Crippen LogP contribution in [-0.2, 0) is 16.1 Å². The first-order valence-corrected chi connectivity index (χ1v) is 5.43. The summed E-state index contributed by atoms with van der Waals surface area (Å²) in [5.41, 5.74) is 2.99. The molecule has 0 aliphatic rings. The van der Waals surface area contributed by atoms with Crippen LogP contribution in [0.1, 0.15) is 36.1 Å². The van der Waals surface area contributed by atoms with Gasteiger partial charge in [-0.3, -0.25) is 0 Å². The Bertz CT molecular complexity index is 484. The summed E-state index contributed by atoms with van der Waals surface area (Å²) in [6.45, 7) is 4.25. The third kappa shape index (κ3) is 3.49. The molecule has 1 atom stereocenters. The molecule has 1 rings (SSSR count). The summed E-state index contributed by atoms with van der Waals surface area (Å²) in [5.74, 6) is 0. The quantitative estimate of drug-likeness (QED) is 0.576. The largest absolute Gasteiger partial charge is 0.235 e. The Morgan fingerprint density at radius 1 is 1.29 bits per heavy atom. The summed E-state index contributed by atoms with van der Waals surface area (Å²) in [7, 11) is 0. The molecule has 0 saturated carbocycles. The molecule has 0 amide bonds. The third-order valence-electron chi connectivity index (χ3n) is 2.61. The molecule has 1 aromatic carbocycles. The van der Waals surface area contributed by atoms with E-state index in [1.807, 2.05) is 32.0 Å². The molecule has 17 heavy (non-hydrogen) atoms. The fraction of sp³-hybridized carbons (Fsp3) is 0.385. The van der Waals surface area contributed by atoms with E-state index in [1.165, 1.54) is 6.08 Å². The van der Waals surface area contributed by atoms with E-state index < -0.39 is 0 Å². The number of isocyanates is 2. The second kappa shape index (κ2) is 6.54. The molecule has 88 valence electrons. The van der Waals surface area contributed by atoms with Gasteiger partial charge in [-0.25, -0.2) is 14.6 Å². The molecule has 0 bridgehead atoms. The number of aliphatic imine (C=N–C) groups is 2. The zero-order chi connectivity index (χ0) is 12.7. The number of hydrogen-bond donors (Lipinski definition) is 0. The maximum Gasteiger partial charge on any atom is 0.235 e. The zero-order valence-electron chi connectivity index (χ0n) is 9.93. The molecule has 0 aliphatic heterocycles. The SMILES string of the molecule is CCC(N=C=O)c1ccc(CN=C=O)cc1C. The number of aryl methyl sites for hydroxylation is 1. The predicted octanol–water partition coefficient (Wildman–Crippen LogP) is 2.62. The normalized spacial score (nSPS) is 11.2. The summed E-state index contributed by atoms with van der Waals surface area (Å²) in [4.78, 5) is 27.6. The van der Waals surface area contributed by atoms with Crippen molar-refractivity contribution in [3.05, 3.63) is 34.9 Å². The van der Waals surface area contributed by atoms with Crippen molar-refractivity contribution in [1.29, 1.82) is 0 Å². The van der Waals surface area contributed by atoms with Crippen LogP contribution in [0.3, 0.4) is 0 Å². The van der Waals surface area contributed by atoms with Crippen LogP contribution in [-0.4, -0.2) is 12.2 Å². The van der Waals surface area contributed by atoms with Gasteiger partial charge in [-0.15, -0.1) is 0 Å². The Hall–Kier alpha value is -2.02. The zero-order valence-corrected chi connectivity index (χ0v) is 9.93. The molecule has 0 saturated heterocycles. The van der Waals surface area contributed by atoms with Gasteiger partial charge >= 0.3 is 0 Å². The van der Waals surface area contributed by atoms with Gasteiger partial charge in [-0.05, 0) is 30.0 Å². The van der Waals surface area contributed by atoms with Gasteiger partial charge in [0.1, 0.15) is 0 Å². The predicted molar refractivity (Wildman–Crippen MR) is 64.2 cm³/mol. The van der Waals surface area contributed by atoms with E-state index in [9.17, 15) is 9.59 Å². The molecule has 0 spiro atoms. The van der Waals surface area contributed by atoms with E-state index in [2.05, 4.69) is 9.98 Å². The lowest BCUT2D eigenvalue weighted by Gasteiger charge is -2.12. The highest BCUT2D eigenvalue weighted by Gasteiger charge is 2.10. The van der Waals surface area contributed by atoms with Crippen molar-refractivity contribution in [2.45, 2.75) is 32.9 Å². The lowest BCUT2D eigenvalue weighted by atomic mass is 9.98. The smallest absolute Gasteiger partial charge is 0.211 e. The van der Waals surface area contributed by atoms with Gasteiger partial charge in [0, 0.05) is 0 Å². The average Bonchev–Trinajstić information content (AvgIpc) is 2.34. The van der Waals surface area contributed by atoms with Crippen molar-refractivity contribution in [3.8, 4) is 0 Å². The molecule has 0 heterocycles. The number of hydrogen-bond acceptors (Lipinski definition) is 4. The molecule has 0 aromatic heterocycles. The van der Waals surface area contributed by atoms with Crippen LogP contribution in [0.2, 0.25) is 0 Å². The van der Waals surface area contributed by atoms with Gasteiger partial charge in [0.25, 0.3) is 0 Å². The number of benzene rings is 1. The van der Waals surface area contributed by atoms with Crippen LogP contribution >= 0.6 is 0 Å². The molecule has 0 N–H and O–H groups in total. The molecule has 4 heteroatoms. The summed E-state index contributed by atoms with van der Waals surface area (Å²) in [6.07, 6.45) is 3.86. The standard InChI is InChI=1S/C13H14N2O2/c1-3-13(15-9-17)12-5-4-11(6-10(12)2)7-14-8-16/h4-6,13H,3,7H2,1-2H3. The van der Waals surface area contributed by atoms with Crippen LogP contribution in [0.25, 0.3) is 0 Å². The monoisotopic (exact) mass is 230 g/mol. The Balaban J connectivity index is 3.03. The van der Waals surface area contributed by atoms with Gasteiger partial charge in [0.05, 0.1) is 12.6 Å². The van der Waals surface area contributed by atoms with Crippen LogP contribution in [0, 0.1) is 6.92 Å². The van der Waals surface area contributed by atoms with Gasteiger partial charge in [-0.2, -0.15) is 4.99 Å². The van der Waals surface area contributed by atoms with E-state index in [1.54, 1.807) is 6.08 Å². The first-order valence-electron chi connectivity index (χ1n) is 5.43. The Morgan fingerprint density at radius 3 is 2.59 bits per heavy atom. The van der Waals surface area contributed by atoms with Crippen molar-refractivity contribution in [1.82, 2.24) is 0 Å². The molecule has 0 fully saturated rings. The topological polar surface area (TPSA) is 58.9 Å². The van der Waals surface area contributed by atoms with E-state index in [0.717, 1.165) is 23.1 Å². The van der Waals surface area contributed by atoms with Crippen molar-refractivity contribution < 1.29 is 9.59 Å². The Morgan fingerprint density at radius 2 is 2.06 bits per heavy atom. The highest BCUT2D eigenvalue weighted by molar-refractivity contribution is 5.39. The van der Waals surface area contributed by atoms with Crippen molar-refractivity contribution >= 4 is 12.2 Å². The van der Waals surface area contributed by atoms with E-state index in [0.29, 0.717) is 6.54 Å². The molecule has 1 aromatic rings. The molecule has 1 unspecified atom stereocenters. The summed E-state index contributed by atoms with van der Waals surface area (Å²) in [5, 5.41) is 0. The lowest BCUT2D eigenvalue weighted by molar-refractivity contribution is 0.555. The van der Waals surface area contributed by atoms with E-state index >= 15 is 0 Å². The molecule has 0 radical (unpaired) electrons. The minimum atomic E-state index is -0.142. The van der Waals surface area contributed by atoms with Gasteiger partial charge < -0.3 is 0 Å². The molecular weight excluding hydrogens is 216 g/mol. The van der Waals surface area contributed by atoms with Crippen molar-refractivity contribution in [2.75, 3.05) is 0 Å². The van der Waals surface area contributed by atoms with E-state index in [-0.39, 0.29) is 6.04 Å². The molecule has 4 nitrogen and oxygen atoms in total. The Kier molecular flexibility index (Phi) is 5.02. The highest BCUT2D eigenvalue weighted by Crippen LogP contribution is 2.24. The maximum atomic E-state index is 10.3. The first-order chi connectivity index (χ1) is 8.22. The van der Waals surface area contributed by atoms with Crippen LogP contribution < -0.4 is 0 Å². The van der Waals surface area contributed by atoms with Crippen molar-refractivity contribution in [3.63, 3.8) is 0 Å². The third-order valence-corrected chi connectivity index (χ3v) is 2.61. The van der Waals surface area contributed by atoms with Crippen LogP contribution in [0.5, 0.6) is 0 Å². The number of nitrogens with zero attached hydrogens (tertiary/aromatic N) is 2. The van der Waals surface area contributed by atoms with Gasteiger partial charge in [-0.1, -0.05) is 25.1 Å². The lowest BCUT2D eigenvalue weighted by Crippen LogP contribution is -1.98. The summed E-state index contributed by atoms with van der Waals surface area (Å²) < 4.78 is 0. The van der Waals surface area contributed by atoms with Gasteiger partial charge in [0.15, 0.2) is 0 Å². The number of rotatable bonds is 5. The highest BCUT2D eigenvalue weighted by atomic mass is 16.1. The fourth-order valence-corrected chi connectivity index (χ4v) is 1.78. The van der Waals surface area contributed by atoms with Gasteiger partial charge in [0.2, 0.25) is 12.2 Å². The molecular formula is C13H14N2O2. The second-order valence-electron chi connectivity index (χ2n) is 3.74. The Labute approximate surface area is 100 Å².